The second kappa shape index (κ2) is 7.30. The monoisotopic (exact) mass is 236 g/mol. The third-order valence-electron chi connectivity index (χ3n) is 2.70. The minimum absolute atomic E-state index is 0.905. The Morgan fingerprint density at radius 3 is 2.88 bits per heavy atom. The minimum atomic E-state index is 0.905. The van der Waals surface area contributed by atoms with Crippen LogP contribution in [0.1, 0.15) is 24.7 Å². The van der Waals surface area contributed by atoms with Gasteiger partial charge >= 0.3 is 0 Å². The van der Waals surface area contributed by atoms with Gasteiger partial charge in [-0.2, -0.15) is 0 Å². The van der Waals surface area contributed by atoms with E-state index in [0.717, 1.165) is 38.4 Å². The fourth-order valence-electron chi connectivity index (χ4n) is 1.80. The summed E-state index contributed by atoms with van der Waals surface area (Å²) in [7, 11) is 2.11. The molecule has 1 N–H and O–H groups in total. The summed E-state index contributed by atoms with van der Waals surface area (Å²) >= 11 is 0. The summed E-state index contributed by atoms with van der Waals surface area (Å²) in [6.07, 6.45) is 2.91. The van der Waals surface area contributed by atoms with Gasteiger partial charge in [0.2, 0.25) is 0 Å². The highest BCUT2D eigenvalue weighted by Gasteiger charge is 2.06. The third-order valence-corrected chi connectivity index (χ3v) is 2.70. The molecule has 0 aromatic carbocycles. The number of aryl methyl sites for hydroxylation is 1. The Balaban J connectivity index is 2.27. The van der Waals surface area contributed by atoms with Gasteiger partial charge in [0.15, 0.2) is 0 Å². The van der Waals surface area contributed by atoms with Crippen molar-refractivity contribution < 1.29 is 4.42 Å². The SMILES string of the molecule is C=C(CNCCC)CN(C)Cc1ccoc1C. The van der Waals surface area contributed by atoms with Gasteiger partial charge in [-0.1, -0.05) is 13.5 Å². The average molecular weight is 236 g/mol. The maximum Gasteiger partial charge on any atom is 0.105 e. The van der Waals surface area contributed by atoms with Crippen LogP contribution in [-0.4, -0.2) is 31.6 Å². The van der Waals surface area contributed by atoms with Gasteiger partial charge in [0.05, 0.1) is 6.26 Å². The number of nitrogens with one attached hydrogen (secondary N) is 1. The van der Waals surface area contributed by atoms with Gasteiger partial charge in [0.1, 0.15) is 5.76 Å². The van der Waals surface area contributed by atoms with Crippen molar-refractivity contribution in [3.63, 3.8) is 0 Å². The van der Waals surface area contributed by atoms with E-state index >= 15 is 0 Å². The Labute approximate surface area is 104 Å². The van der Waals surface area contributed by atoms with E-state index in [0.29, 0.717) is 0 Å². The van der Waals surface area contributed by atoms with Gasteiger partial charge in [-0.25, -0.2) is 0 Å². The molecular formula is C14H24N2O. The predicted octanol–water partition coefficient (Wildman–Crippen LogP) is 2.58. The normalized spacial score (nSPS) is 11.1. The molecule has 0 bridgehead atoms. The largest absolute Gasteiger partial charge is 0.469 e. The molecule has 0 aliphatic heterocycles. The van der Waals surface area contributed by atoms with E-state index in [1.165, 1.54) is 11.1 Å². The lowest BCUT2D eigenvalue weighted by molar-refractivity contribution is 0.348. The standard InChI is InChI=1S/C14H24N2O/c1-5-7-15-9-12(2)10-16(4)11-14-6-8-17-13(14)3/h6,8,15H,2,5,7,9-11H2,1,3-4H3. The van der Waals surface area contributed by atoms with Crippen LogP contribution in [0.3, 0.4) is 0 Å². The van der Waals surface area contributed by atoms with E-state index in [4.69, 9.17) is 4.42 Å². The Morgan fingerprint density at radius 1 is 1.53 bits per heavy atom. The van der Waals surface area contributed by atoms with E-state index in [9.17, 15) is 0 Å². The van der Waals surface area contributed by atoms with Crippen LogP contribution in [0.2, 0.25) is 0 Å². The fraction of sp³-hybridized carbons (Fsp3) is 0.571. The molecule has 3 heteroatoms. The highest BCUT2D eigenvalue weighted by molar-refractivity contribution is 5.15. The minimum Gasteiger partial charge on any atom is -0.469 e. The highest BCUT2D eigenvalue weighted by Crippen LogP contribution is 2.11. The molecular weight excluding hydrogens is 212 g/mol. The molecule has 0 atom stereocenters. The molecule has 0 amide bonds. The van der Waals surface area contributed by atoms with Crippen molar-refractivity contribution >= 4 is 0 Å². The van der Waals surface area contributed by atoms with Gasteiger partial charge < -0.3 is 9.73 Å². The molecule has 1 heterocycles. The third kappa shape index (κ3) is 5.20. The Bertz CT molecular complexity index is 344. The summed E-state index contributed by atoms with van der Waals surface area (Å²) in [5.41, 5.74) is 2.48. The zero-order chi connectivity index (χ0) is 12.7. The molecule has 0 saturated heterocycles. The van der Waals surface area contributed by atoms with E-state index in [1.54, 1.807) is 6.26 Å². The lowest BCUT2D eigenvalue weighted by Crippen LogP contribution is -2.26. The van der Waals surface area contributed by atoms with Gasteiger partial charge in [0.25, 0.3) is 0 Å². The van der Waals surface area contributed by atoms with Crippen LogP contribution in [0, 0.1) is 6.92 Å². The summed E-state index contributed by atoms with van der Waals surface area (Å²) in [6.45, 7) is 12.1. The maximum atomic E-state index is 5.29. The Kier molecular flexibility index (Phi) is 6.01. The molecule has 0 radical (unpaired) electrons. The summed E-state index contributed by atoms with van der Waals surface area (Å²) < 4.78 is 5.29. The van der Waals surface area contributed by atoms with Crippen molar-refractivity contribution in [1.29, 1.82) is 0 Å². The lowest BCUT2D eigenvalue weighted by atomic mass is 10.2. The fourth-order valence-corrected chi connectivity index (χ4v) is 1.80. The second-order valence-electron chi connectivity index (χ2n) is 4.60. The van der Waals surface area contributed by atoms with E-state index in [2.05, 4.69) is 30.8 Å². The molecule has 0 unspecified atom stereocenters. The van der Waals surface area contributed by atoms with Crippen LogP contribution in [0.15, 0.2) is 28.9 Å². The van der Waals surface area contributed by atoms with Crippen molar-refractivity contribution in [1.82, 2.24) is 10.2 Å². The molecule has 0 aliphatic carbocycles. The molecule has 0 fully saturated rings. The topological polar surface area (TPSA) is 28.4 Å². The summed E-state index contributed by atoms with van der Waals surface area (Å²) in [5, 5.41) is 3.37. The van der Waals surface area contributed by atoms with Crippen LogP contribution >= 0.6 is 0 Å². The first kappa shape index (κ1) is 14.0. The van der Waals surface area contributed by atoms with Crippen LogP contribution in [0.4, 0.5) is 0 Å². The number of hydrogen-bond donors (Lipinski definition) is 1. The first-order chi connectivity index (χ1) is 8.13. The molecule has 1 rings (SSSR count). The van der Waals surface area contributed by atoms with Gasteiger partial charge in [0, 0.05) is 25.2 Å². The van der Waals surface area contributed by atoms with Gasteiger partial charge in [-0.15, -0.1) is 0 Å². The van der Waals surface area contributed by atoms with Crippen molar-refractivity contribution in [2.45, 2.75) is 26.8 Å². The Hall–Kier alpha value is -1.06. The molecule has 17 heavy (non-hydrogen) atoms. The number of rotatable bonds is 8. The number of nitrogens with zero attached hydrogens (tertiary/aromatic N) is 1. The summed E-state index contributed by atoms with van der Waals surface area (Å²) in [6, 6.07) is 2.03. The molecule has 3 nitrogen and oxygen atoms in total. The van der Waals surface area contributed by atoms with Crippen molar-refractivity contribution in [2.24, 2.45) is 0 Å². The van der Waals surface area contributed by atoms with Crippen LogP contribution in [-0.2, 0) is 6.54 Å². The highest BCUT2D eigenvalue weighted by atomic mass is 16.3. The van der Waals surface area contributed by atoms with E-state index in [1.807, 2.05) is 13.0 Å². The first-order valence-corrected chi connectivity index (χ1v) is 6.22. The maximum absolute atomic E-state index is 5.29. The average Bonchev–Trinajstić information content (AvgIpc) is 2.64. The molecule has 0 spiro atoms. The van der Waals surface area contributed by atoms with E-state index in [-0.39, 0.29) is 0 Å². The predicted molar refractivity (Wildman–Crippen MR) is 72.1 cm³/mol. The zero-order valence-electron chi connectivity index (χ0n) is 11.3. The summed E-state index contributed by atoms with van der Waals surface area (Å²) in [5.74, 6) is 1.01. The van der Waals surface area contributed by atoms with Gasteiger partial charge in [-0.05, 0) is 38.6 Å². The molecule has 0 aliphatic rings. The van der Waals surface area contributed by atoms with Crippen LogP contribution < -0.4 is 5.32 Å². The second-order valence-corrected chi connectivity index (χ2v) is 4.60. The number of likely N-dealkylation sites (N-methyl/N-ethyl adjacent to an activating group) is 1. The van der Waals surface area contributed by atoms with Crippen LogP contribution in [0.25, 0.3) is 0 Å². The quantitative estimate of drug-likeness (QED) is 0.555. The smallest absolute Gasteiger partial charge is 0.105 e. The molecule has 1 aromatic heterocycles. The zero-order valence-corrected chi connectivity index (χ0v) is 11.3. The summed E-state index contributed by atoms with van der Waals surface area (Å²) in [4.78, 5) is 2.26. The van der Waals surface area contributed by atoms with Crippen molar-refractivity contribution in [2.75, 3.05) is 26.7 Å². The first-order valence-electron chi connectivity index (χ1n) is 6.22. The molecule has 96 valence electrons. The number of hydrogen-bond acceptors (Lipinski definition) is 3. The molecule has 0 saturated carbocycles. The van der Waals surface area contributed by atoms with Gasteiger partial charge in [-0.3, -0.25) is 4.90 Å². The van der Waals surface area contributed by atoms with Crippen molar-refractivity contribution in [3.8, 4) is 0 Å². The molecule has 1 aromatic rings. The van der Waals surface area contributed by atoms with Crippen molar-refractivity contribution in [3.05, 3.63) is 35.8 Å². The Morgan fingerprint density at radius 2 is 2.29 bits per heavy atom. The van der Waals surface area contributed by atoms with Crippen LogP contribution in [0.5, 0.6) is 0 Å². The lowest BCUT2D eigenvalue weighted by Gasteiger charge is -2.18. The van der Waals surface area contributed by atoms with E-state index < -0.39 is 0 Å². The number of furan rings is 1.